The van der Waals surface area contributed by atoms with Gasteiger partial charge in [-0.2, -0.15) is 0 Å². The highest BCUT2D eigenvalue weighted by Gasteiger charge is 2.24. The molecule has 0 aliphatic rings. The van der Waals surface area contributed by atoms with Gasteiger partial charge in [0.1, 0.15) is 5.75 Å². The van der Waals surface area contributed by atoms with Crippen LogP contribution in [0.2, 0.25) is 5.02 Å². The van der Waals surface area contributed by atoms with Gasteiger partial charge in [0.05, 0.1) is 12.7 Å². The van der Waals surface area contributed by atoms with Gasteiger partial charge in [0, 0.05) is 23.7 Å². The van der Waals surface area contributed by atoms with E-state index in [9.17, 15) is 14.7 Å². The normalized spacial score (nSPS) is 12.8. The van der Waals surface area contributed by atoms with Crippen molar-refractivity contribution < 1.29 is 19.4 Å². The van der Waals surface area contributed by atoms with E-state index in [2.05, 4.69) is 10.6 Å². The number of hydrogen-bond donors (Lipinski definition) is 3. The van der Waals surface area contributed by atoms with E-state index in [0.717, 1.165) is 11.3 Å². The van der Waals surface area contributed by atoms with Crippen LogP contribution in [0.4, 0.5) is 5.69 Å². The summed E-state index contributed by atoms with van der Waals surface area (Å²) >= 11 is 5.77. The number of amides is 2. The quantitative estimate of drug-likeness (QED) is 0.675. The van der Waals surface area contributed by atoms with Crippen LogP contribution in [-0.2, 0) is 16.0 Å². The maximum absolute atomic E-state index is 11.9. The minimum atomic E-state index is -1.20. The van der Waals surface area contributed by atoms with Crippen molar-refractivity contribution in [2.75, 3.05) is 19.0 Å². The molecule has 138 valence electrons. The zero-order chi connectivity index (χ0) is 19.2. The van der Waals surface area contributed by atoms with Crippen molar-refractivity contribution in [1.29, 1.82) is 0 Å². The van der Waals surface area contributed by atoms with E-state index in [1.807, 2.05) is 12.1 Å². The first-order chi connectivity index (χ1) is 12.3. The Balaban J connectivity index is 1.85. The molecule has 0 fully saturated rings. The van der Waals surface area contributed by atoms with Gasteiger partial charge in [-0.25, -0.2) is 0 Å². The van der Waals surface area contributed by atoms with E-state index < -0.39 is 17.4 Å². The van der Waals surface area contributed by atoms with Crippen molar-refractivity contribution in [3.8, 4) is 5.75 Å². The predicted octanol–water partition coefficient (Wildman–Crippen LogP) is 2.40. The second kappa shape index (κ2) is 8.69. The third-order valence-electron chi connectivity index (χ3n) is 3.68. The number of methoxy groups -OCH3 is 1. The topological polar surface area (TPSA) is 87.7 Å². The lowest BCUT2D eigenvalue weighted by atomic mass is 9.96. The molecule has 0 saturated heterocycles. The summed E-state index contributed by atoms with van der Waals surface area (Å²) in [7, 11) is 1.58. The summed E-state index contributed by atoms with van der Waals surface area (Å²) in [5.41, 5.74) is 0.139. The molecular weight excluding hydrogens is 356 g/mol. The summed E-state index contributed by atoms with van der Waals surface area (Å²) in [5, 5.41) is 15.9. The molecule has 0 radical (unpaired) electrons. The Morgan fingerprint density at radius 1 is 1.08 bits per heavy atom. The van der Waals surface area contributed by atoms with Gasteiger partial charge in [-0.05, 0) is 48.9 Å². The minimum absolute atomic E-state index is 0.0636. The fraction of sp³-hybridized carbons (Fsp3) is 0.263. The lowest BCUT2D eigenvalue weighted by molar-refractivity contribution is -0.136. The highest BCUT2D eigenvalue weighted by molar-refractivity contribution is 6.39. The molecule has 0 heterocycles. The van der Waals surface area contributed by atoms with Crippen molar-refractivity contribution in [3.63, 3.8) is 0 Å². The Morgan fingerprint density at radius 3 is 2.27 bits per heavy atom. The molecule has 0 spiro atoms. The number of rotatable bonds is 6. The predicted molar refractivity (Wildman–Crippen MR) is 100 cm³/mol. The monoisotopic (exact) mass is 376 g/mol. The van der Waals surface area contributed by atoms with Crippen LogP contribution in [0.15, 0.2) is 48.5 Å². The fourth-order valence-corrected chi connectivity index (χ4v) is 2.44. The van der Waals surface area contributed by atoms with E-state index >= 15 is 0 Å². The zero-order valence-corrected chi connectivity index (χ0v) is 15.3. The number of nitrogens with one attached hydrogen (secondary N) is 2. The van der Waals surface area contributed by atoms with E-state index in [1.54, 1.807) is 50.4 Å². The number of ether oxygens (including phenoxy) is 1. The number of carbonyl (C=O) groups excluding carboxylic acids is 2. The van der Waals surface area contributed by atoms with Crippen molar-refractivity contribution >= 4 is 29.1 Å². The van der Waals surface area contributed by atoms with Crippen molar-refractivity contribution in [2.24, 2.45) is 0 Å². The summed E-state index contributed by atoms with van der Waals surface area (Å²) in [5.74, 6) is -0.914. The van der Waals surface area contributed by atoms with Crippen molar-refractivity contribution in [3.05, 3.63) is 59.1 Å². The number of halogens is 1. The Kier molecular flexibility index (Phi) is 6.60. The second-order valence-corrected chi connectivity index (χ2v) is 6.60. The third-order valence-corrected chi connectivity index (χ3v) is 3.93. The maximum atomic E-state index is 11.9. The molecule has 7 heteroatoms. The van der Waals surface area contributed by atoms with E-state index in [-0.39, 0.29) is 6.54 Å². The number of carbonyl (C=O) groups is 2. The Labute approximate surface area is 157 Å². The lowest BCUT2D eigenvalue weighted by Crippen LogP contribution is -2.45. The highest BCUT2D eigenvalue weighted by Crippen LogP contribution is 2.17. The van der Waals surface area contributed by atoms with Gasteiger partial charge >= 0.3 is 11.8 Å². The standard InChI is InChI=1S/C19H21ClN2O4/c1-19(25,11-13-3-9-16(26-2)10-4-13)12-21-17(23)18(24)22-15-7-5-14(20)6-8-15/h3-10,25H,11-12H2,1-2H3,(H,21,23)(H,22,24). The molecule has 1 unspecified atom stereocenters. The average molecular weight is 377 g/mol. The SMILES string of the molecule is COc1ccc(CC(C)(O)CNC(=O)C(=O)Nc2ccc(Cl)cc2)cc1. The summed E-state index contributed by atoms with van der Waals surface area (Å²) in [6.45, 7) is 1.53. The fourth-order valence-electron chi connectivity index (χ4n) is 2.32. The highest BCUT2D eigenvalue weighted by atomic mass is 35.5. The van der Waals surface area contributed by atoms with E-state index in [1.165, 1.54) is 0 Å². The van der Waals surface area contributed by atoms with Crippen LogP contribution in [0.25, 0.3) is 0 Å². The van der Waals surface area contributed by atoms with Gasteiger partial charge in [-0.3, -0.25) is 9.59 Å². The molecule has 26 heavy (non-hydrogen) atoms. The Bertz CT molecular complexity index is 758. The number of hydrogen-bond acceptors (Lipinski definition) is 4. The lowest BCUT2D eigenvalue weighted by Gasteiger charge is -2.23. The first-order valence-electron chi connectivity index (χ1n) is 7.99. The maximum Gasteiger partial charge on any atom is 0.313 e. The molecule has 2 rings (SSSR count). The molecule has 1 atom stereocenters. The van der Waals surface area contributed by atoms with Crippen molar-refractivity contribution in [2.45, 2.75) is 18.9 Å². The van der Waals surface area contributed by atoms with Gasteiger partial charge in [-0.15, -0.1) is 0 Å². The zero-order valence-electron chi connectivity index (χ0n) is 14.6. The summed E-state index contributed by atoms with van der Waals surface area (Å²) in [4.78, 5) is 23.8. The minimum Gasteiger partial charge on any atom is -0.497 e. The average Bonchev–Trinajstić information content (AvgIpc) is 2.62. The number of aliphatic hydroxyl groups is 1. The molecule has 2 amide bonds. The molecule has 0 saturated carbocycles. The van der Waals surface area contributed by atoms with Gasteiger partial charge < -0.3 is 20.5 Å². The van der Waals surface area contributed by atoms with Gasteiger partial charge in [0.2, 0.25) is 0 Å². The molecule has 0 aromatic heterocycles. The second-order valence-electron chi connectivity index (χ2n) is 6.17. The van der Waals surface area contributed by atoms with Crippen molar-refractivity contribution in [1.82, 2.24) is 5.32 Å². The molecule has 6 nitrogen and oxygen atoms in total. The van der Waals surface area contributed by atoms with Crippen LogP contribution in [0.3, 0.4) is 0 Å². The molecular formula is C19H21ClN2O4. The Hall–Kier alpha value is -2.57. The van der Waals surface area contributed by atoms with E-state index in [4.69, 9.17) is 16.3 Å². The number of benzene rings is 2. The summed E-state index contributed by atoms with van der Waals surface area (Å²) in [6, 6.07) is 13.7. The molecule has 0 bridgehead atoms. The Morgan fingerprint density at radius 2 is 1.69 bits per heavy atom. The van der Waals surface area contributed by atoms with Crippen LogP contribution < -0.4 is 15.4 Å². The van der Waals surface area contributed by atoms with Gasteiger partial charge in [0.15, 0.2) is 0 Å². The molecule has 0 aliphatic carbocycles. The van der Waals surface area contributed by atoms with Crippen LogP contribution >= 0.6 is 11.6 Å². The van der Waals surface area contributed by atoms with Gasteiger partial charge in [0.25, 0.3) is 0 Å². The molecule has 2 aromatic rings. The van der Waals surface area contributed by atoms with Crippen LogP contribution in [0, 0.1) is 0 Å². The molecule has 0 aliphatic heterocycles. The number of anilines is 1. The largest absolute Gasteiger partial charge is 0.497 e. The van der Waals surface area contributed by atoms with Crippen LogP contribution in [0.1, 0.15) is 12.5 Å². The summed E-state index contributed by atoms with van der Waals surface area (Å²) in [6.07, 6.45) is 0.316. The molecule has 2 aromatic carbocycles. The first kappa shape index (κ1) is 19.8. The van der Waals surface area contributed by atoms with E-state index in [0.29, 0.717) is 17.1 Å². The molecule has 3 N–H and O–H groups in total. The van der Waals surface area contributed by atoms with Gasteiger partial charge in [-0.1, -0.05) is 23.7 Å². The first-order valence-corrected chi connectivity index (χ1v) is 8.37. The van der Waals surface area contributed by atoms with Crippen LogP contribution in [-0.4, -0.2) is 36.2 Å². The smallest absolute Gasteiger partial charge is 0.313 e. The summed E-state index contributed by atoms with van der Waals surface area (Å²) < 4.78 is 5.09. The third kappa shape index (κ3) is 6.06. The van der Waals surface area contributed by atoms with Crippen LogP contribution in [0.5, 0.6) is 5.75 Å².